The molecule has 2 rings (SSSR count). The summed E-state index contributed by atoms with van der Waals surface area (Å²) in [5, 5.41) is 3.03. The van der Waals surface area contributed by atoms with E-state index in [-0.39, 0.29) is 5.91 Å². The van der Waals surface area contributed by atoms with Crippen molar-refractivity contribution < 1.29 is 9.53 Å². The summed E-state index contributed by atoms with van der Waals surface area (Å²) in [7, 11) is 3.67. The summed E-state index contributed by atoms with van der Waals surface area (Å²) < 4.78 is 5.69. The Balaban J connectivity index is 1.91. The average molecular weight is 299 g/mol. The van der Waals surface area contributed by atoms with Gasteiger partial charge in [0, 0.05) is 38.1 Å². The van der Waals surface area contributed by atoms with Crippen molar-refractivity contribution in [1.29, 1.82) is 0 Å². The van der Waals surface area contributed by atoms with E-state index in [9.17, 15) is 4.79 Å². The van der Waals surface area contributed by atoms with E-state index in [1.165, 1.54) is 0 Å². The minimum atomic E-state index is 0.0101. The third-order valence-electron chi connectivity index (χ3n) is 3.30. The van der Waals surface area contributed by atoms with Gasteiger partial charge in [-0.3, -0.25) is 9.78 Å². The minimum absolute atomic E-state index is 0.0101. The predicted molar refractivity (Wildman–Crippen MR) is 85.9 cm³/mol. The number of carbonyl (C=O) groups excluding carboxylic acids is 1. The number of amides is 1. The molecule has 0 saturated carbocycles. The summed E-state index contributed by atoms with van der Waals surface area (Å²) in [4.78, 5) is 17.9. The van der Waals surface area contributed by atoms with Gasteiger partial charge in [0.05, 0.1) is 0 Å². The zero-order valence-corrected chi connectivity index (χ0v) is 13.0. The normalized spacial score (nSPS) is 10.3. The molecule has 0 fully saturated rings. The quantitative estimate of drug-likeness (QED) is 0.849. The second-order valence-electron chi connectivity index (χ2n) is 5.00. The van der Waals surface area contributed by atoms with Gasteiger partial charge in [0.2, 0.25) is 0 Å². The highest BCUT2D eigenvalue weighted by molar-refractivity contribution is 5.94. The van der Waals surface area contributed by atoms with Gasteiger partial charge in [0.1, 0.15) is 12.4 Å². The molecule has 22 heavy (non-hydrogen) atoms. The van der Waals surface area contributed by atoms with Crippen molar-refractivity contribution in [2.45, 2.75) is 6.61 Å². The monoisotopic (exact) mass is 299 g/mol. The maximum atomic E-state index is 12.2. The molecule has 0 aliphatic heterocycles. The molecule has 0 aliphatic rings. The fourth-order valence-corrected chi connectivity index (χ4v) is 1.94. The van der Waals surface area contributed by atoms with Crippen LogP contribution in [-0.4, -0.2) is 43.0 Å². The Morgan fingerprint density at radius 3 is 2.50 bits per heavy atom. The van der Waals surface area contributed by atoms with Crippen LogP contribution in [-0.2, 0) is 6.61 Å². The third-order valence-corrected chi connectivity index (χ3v) is 3.30. The summed E-state index contributed by atoms with van der Waals surface area (Å²) in [6.45, 7) is 1.93. The lowest BCUT2D eigenvalue weighted by Crippen LogP contribution is -2.32. The number of hydrogen-bond donors (Lipinski definition) is 1. The van der Waals surface area contributed by atoms with E-state index in [2.05, 4.69) is 10.3 Å². The van der Waals surface area contributed by atoms with Crippen LogP contribution in [0.3, 0.4) is 0 Å². The van der Waals surface area contributed by atoms with Crippen molar-refractivity contribution >= 4 is 5.91 Å². The topological polar surface area (TPSA) is 54.5 Å². The highest BCUT2D eigenvalue weighted by atomic mass is 16.5. The van der Waals surface area contributed by atoms with Gasteiger partial charge >= 0.3 is 0 Å². The van der Waals surface area contributed by atoms with Gasteiger partial charge in [0.25, 0.3) is 5.91 Å². The van der Waals surface area contributed by atoms with Gasteiger partial charge in [-0.15, -0.1) is 0 Å². The number of nitrogens with zero attached hydrogens (tertiary/aromatic N) is 2. The molecular formula is C17H21N3O2. The van der Waals surface area contributed by atoms with Crippen LogP contribution >= 0.6 is 0 Å². The Morgan fingerprint density at radius 2 is 1.86 bits per heavy atom. The van der Waals surface area contributed by atoms with Gasteiger partial charge in [0.15, 0.2) is 0 Å². The van der Waals surface area contributed by atoms with E-state index in [1.54, 1.807) is 36.5 Å². The zero-order valence-electron chi connectivity index (χ0n) is 13.0. The van der Waals surface area contributed by atoms with Crippen molar-refractivity contribution in [1.82, 2.24) is 15.2 Å². The molecule has 1 heterocycles. The maximum Gasteiger partial charge on any atom is 0.253 e. The molecule has 0 atom stereocenters. The van der Waals surface area contributed by atoms with Crippen molar-refractivity contribution in [3.8, 4) is 5.75 Å². The first-order chi connectivity index (χ1) is 10.7. The Morgan fingerprint density at radius 1 is 1.18 bits per heavy atom. The molecular weight excluding hydrogens is 278 g/mol. The van der Waals surface area contributed by atoms with Crippen LogP contribution in [0.5, 0.6) is 5.75 Å². The van der Waals surface area contributed by atoms with Crippen LogP contribution in [0.2, 0.25) is 0 Å². The molecule has 0 bridgehead atoms. The van der Waals surface area contributed by atoms with Gasteiger partial charge in [-0.1, -0.05) is 0 Å². The van der Waals surface area contributed by atoms with Crippen LogP contribution in [0.15, 0.2) is 48.8 Å². The van der Waals surface area contributed by atoms with Gasteiger partial charge in [-0.05, 0) is 49.0 Å². The standard InChI is InChI=1S/C17H21N3O2/c1-18-11-12-20(2)17(21)15-3-5-16(6-4-15)22-13-14-7-9-19-10-8-14/h3-10,18H,11-13H2,1-2H3. The number of hydrogen-bond acceptors (Lipinski definition) is 4. The first-order valence-electron chi connectivity index (χ1n) is 7.22. The average Bonchev–Trinajstić information content (AvgIpc) is 2.58. The summed E-state index contributed by atoms with van der Waals surface area (Å²) >= 11 is 0. The molecule has 5 nitrogen and oxygen atoms in total. The number of benzene rings is 1. The molecule has 0 saturated heterocycles. The molecule has 0 unspecified atom stereocenters. The number of ether oxygens (including phenoxy) is 1. The van der Waals surface area contributed by atoms with E-state index >= 15 is 0 Å². The number of rotatable bonds is 7. The Labute approximate surface area is 130 Å². The second-order valence-corrected chi connectivity index (χ2v) is 5.00. The third kappa shape index (κ3) is 4.56. The van der Waals surface area contributed by atoms with E-state index in [4.69, 9.17) is 4.74 Å². The first kappa shape index (κ1) is 16.0. The largest absolute Gasteiger partial charge is 0.489 e. The lowest BCUT2D eigenvalue weighted by molar-refractivity contribution is 0.0797. The zero-order chi connectivity index (χ0) is 15.8. The molecule has 5 heteroatoms. The Bertz CT molecular complexity index is 585. The lowest BCUT2D eigenvalue weighted by atomic mass is 10.2. The second kappa shape index (κ2) is 8.14. The number of likely N-dealkylation sites (N-methyl/N-ethyl adjacent to an activating group) is 2. The van der Waals surface area contributed by atoms with Gasteiger partial charge in [-0.2, -0.15) is 0 Å². The molecule has 0 radical (unpaired) electrons. The molecule has 116 valence electrons. The fourth-order valence-electron chi connectivity index (χ4n) is 1.94. The number of aromatic nitrogens is 1. The van der Waals surface area contributed by atoms with Crippen LogP contribution in [0, 0.1) is 0 Å². The van der Waals surface area contributed by atoms with Crippen LogP contribution in [0.25, 0.3) is 0 Å². The smallest absolute Gasteiger partial charge is 0.253 e. The van der Waals surface area contributed by atoms with Crippen LogP contribution < -0.4 is 10.1 Å². The number of pyridine rings is 1. The maximum absolute atomic E-state index is 12.2. The highest BCUT2D eigenvalue weighted by Gasteiger charge is 2.10. The van der Waals surface area contributed by atoms with Crippen LogP contribution in [0.1, 0.15) is 15.9 Å². The number of carbonyl (C=O) groups is 1. The van der Waals surface area contributed by atoms with Crippen molar-refractivity contribution in [3.05, 3.63) is 59.9 Å². The summed E-state index contributed by atoms with van der Waals surface area (Å²) in [6.07, 6.45) is 3.48. The Hall–Kier alpha value is -2.40. The number of nitrogens with one attached hydrogen (secondary N) is 1. The summed E-state index contributed by atoms with van der Waals surface area (Å²) in [5.74, 6) is 0.752. The molecule has 1 amide bonds. The van der Waals surface area contributed by atoms with Gasteiger partial charge < -0.3 is 15.0 Å². The van der Waals surface area contributed by atoms with Crippen molar-refractivity contribution in [2.24, 2.45) is 0 Å². The SMILES string of the molecule is CNCCN(C)C(=O)c1ccc(OCc2ccncc2)cc1. The molecule has 1 aromatic carbocycles. The van der Waals surface area contributed by atoms with E-state index in [0.717, 1.165) is 17.9 Å². The first-order valence-corrected chi connectivity index (χ1v) is 7.22. The molecule has 1 N–H and O–H groups in total. The Kier molecular flexibility index (Phi) is 5.91. The summed E-state index contributed by atoms with van der Waals surface area (Å²) in [6, 6.07) is 11.0. The van der Waals surface area contributed by atoms with Gasteiger partial charge in [-0.25, -0.2) is 0 Å². The predicted octanol–water partition coefficient (Wildman–Crippen LogP) is 1.95. The van der Waals surface area contributed by atoms with E-state index < -0.39 is 0 Å². The molecule has 0 spiro atoms. The fraction of sp³-hybridized carbons (Fsp3) is 0.294. The van der Waals surface area contributed by atoms with E-state index in [1.807, 2.05) is 31.3 Å². The van der Waals surface area contributed by atoms with E-state index in [0.29, 0.717) is 18.7 Å². The molecule has 0 aliphatic carbocycles. The van der Waals surface area contributed by atoms with Crippen LogP contribution in [0.4, 0.5) is 0 Å². The van der Waals surface area contributed by atoms with Crippen molar-refractivity contribution in [3.63, 3.8) is 0 Å². The lowest BCUT2D eigenvalue weighted by Gasteiger charge is -2.17. The van der Waals surface area contributed by atoms with Crippen molar-refractivity contribution in [2.75, 3.05) is 27.2 Å². The molecule has 1 aromatic heterocycles. The molecule has 2 aromatic rings. The minimum Gasteiger partial charge on any atom is -0.489 e. The highest BCUT2D eigenvalue weighted by Crippen LogP contribution is 2.15. The summed E-state index contributed by atoms with van der Waals surface area (Å²) in [5.41, 5.74) is 1.72.